The highest BCUT2D eigenvalue weighted by Crippen LogP contribution is 2.31. The van der Waals surface area contributed by atoms with Gasteiger partial charge < -0.3 is 14.5 Å². The molecule has 0 unspecified atom stereocenters. The Hall–Kier alpha value is -1.94. The standard InChI is InChI=1S/C22H22Cl2N2O/c1-25-9-11-26(12-10-25)22-4-2-3-17-6-7-18(14-19(17)22)27-15-16-5-8-20(23)21(24)13-16/h2-8,13-14H,9-12,15H2,1H3. The number of hydrogen-bond donors (Lipinski definition) is 0. The van der Waals surface area contributed by atoms with Gasteiger partial charge in [-0.05, 0) is 48.3 Å². The minimum Gasteiger partial charge on any atom is -0.489 e. The van der Waals surface area contributed by atoms with Crippen LogP contribution in [0.3, 0.4) is 0 Å². The number of benzene rings is 3. The summed E-state index contributed by atoms with van der Waals surface area (Å²) in [5, 5.41) is 3.57. The molecular formula is C22H22Cl2N2O. The molecule has 0 amide bonds. The van der Waals surface area contributed by atoms with Crippen molar-refractivity contribution in [2.45, 2.75) is 6.61 Å². The Morgan fingerprint density at radius 1 is 0.889 bits per heavy atom. The Morgan fingerprint density at radius 3 is 2.48 bits per heavy atom. The zero-order valence-electron chi connectivity index (χ0n) is 15.3. The molecule has 0 bridgehead atoms. The molecule has 1 aliphatic heterocycles. The number of rotatable bonds is 4. The molecule has 3 aromatic carbocycles. The van der Waals surface area contributed by atoms with E-state index in [1.807, 2.05) is 18.2 Å². The first-order valence-corrected chi connectivity index (χ1v) is 9.89. The maximum Gasteiger partial charge on any atom is 0.120 e. The van der Waals surface area contributed by atoms with Crippen LogP contribution in [0.2, 0.25) is 10.0 Å². The van der Waals surface area contributed by atoms with Crippen LogP contribution in [0.15, 0.2) is 54.6 Å². The average Bonchev–Trinajstić information content (AvgIpc) is 2.69. The molecule has 0 atom stereocenters. The first-order chi connectivity index (χ1) is 13.1. The van der Waals surface area contributed by atoms with Gasteiger partial charge in [-0.3, -0.25) is 0 Å². The Bertz CT molecular complexity index is 952. The zero-order chi connectivity index (χ0) is 18.8. The highest BCUT2D eigenvalue weighted by Gasteiger charge is 2.16. The van der Waals surface area contributed by atoms with Crippen molar-refractivity contribution in [1.29, 1.82) is 0 Å². The number of anilines is 1. The highest BCUT2D eigenvalue weighted by atomic mass is 35.5. The zero-order valence-corrected chi connectivity index (χ0v) is 16.8. The molecule has 3 aromatic rings. The predicted molar refractivity (Wildman–Crippen MR) is 114 cm³/mol. The number of fused-ring (bicyclic) bond motifs is 1. The molecule has 3 nitrogen and oxygen atoms in total. The largest absolute Gasteiger partial charge is 0.489 e. The van der Waals surface area contributed by atoms with E-state index in [9.17, 15) is 0 Å². The van der Waals surface area contributed by atoms with E-state index < -0.39 is 0 Å². The van der Waals surface area contributed by atoms with E-state index in [1.165, 1.54) is 16.5 Å². The van der Waals surface area contributed by atoms with Gasteiger partial charge in [-0.1, -0.05) is 47.5 Å². The Labute approximate surface area is 170 Å². The molecule has 1 heterocycles. The number of nitrogens with zero attached hydrogens (tertiary/aromatic N) is 2. The Balaban J connectivity index is 1.57. The highest BCUT2D eigenvalue weighted by molar-refractivity contribution is 6.42. The molecular weight excluding hydrogens is 379 g/mol. The summed E-state index contributed by atoms with van der Waals surface area (Å²) in [4.78, 5) is 4.83. The van der Waals surface area contributed by atoms with Crippen LogP contribution in [0, 0.1) is 0 Å². The fourth-order valence-electron chi connectivity index (χ4n) is 3.44. The van der Waals surface area contributed by atoms with E-state index in [2.05, 4.69) is 47.2 Å². The van der Waals surface area contributed by atoms with Crippen molar-refractivity contribution in [3.05, 3.63) is 70.2 Å². The van der Waals surface area contributed by atoms with Crippen molar-refractivity contribution in [2.24, 2.45) is 0 Å². The molecule has 0 N–H and O–H groups in total. The lowest BCUT2D eigenvalue weighted by molar-refractivity contribution is 0.306. The molecule has 0 aromatic heterocycles. The van der Waals surface area contributed by atoms with E-state index >= 15 is 0 Å². The van der Waals surface area contributed by atoms with Crippen molar-refractivity contribution in [3.63, 3.8) is 0 Å². The predicted octanol–water partition coefficient (Wildman–Crippen LogP) is 5.48. The van der Waals surface area contributed by atoms with Gasteiger partial charge in [0, 0.05) is 37.3 Å². The second-order valence-corrected chi connectivity index (χ2v) is 7.80. The van der Waals surface area contributed by atoms with Gasteiger partial charge in [0.25, 0.3) is 0 Å². The molecule has 1 aliphatic rings. The van der Waals surface area contributed by atoms with Crippen molar-refractivity contribution >= 4 is 39.7 Å². The molecule has 27 heavy (non-hydrogen) atoms. The molecule has 0 aliphatic carbocycles. The van der Waals surface area contributed by atoms with Crippen LogP contribution in [-0.2, 0) is 6.61 Å². The number of ether oxygens (including phenoxy) is 1. The van der Waals surface area contributed by atoms with Crippen molar-refractivity contribution in [3.8, 4) is 5.75 Å². The first-order valence-electron chi connectivity index (χ1n) is 9.13. The third kappa shape index (κ3) is 4.16. The normalized spacial score (nSPS) is 15.3. The minimum absolute atomic E-state index is 0.457. The van der Waals surface area contributed by atoms with Crippen LogP contribution in [-0.4, -0.2) is 38.1 Å². The summed E-state index contributed by atoms with van der Waals surface area (Å²) in [6.07, 6.45) is 0. The number of hydrogen-bond acceptors (Lipinski definition) is 3. The molecule has 5 heteroatoms. The van der Waals surface area contributed by atoms with Gasteiger partial charge >= 0.3 is 0 Å². The summed E-state index contributed by atoms with van der Waals surface area (Å²) >= 11 is 12.1. The quantitative estimate of drug-likeness (QED) is 0.576. The minimum atomic E-state index is 0.457. The summed E-state index contributed by atoms with van der Waals surface area (Å²) in [6.45, 7) is 4.72. The fourth-order valence-corrected chi connectivity index (χ4v) is 3.76. The van der Waals surface area contributed by atoms with Crippen LogP contribution in [0.4, 0.5) is 5.69 Å². The van der Waals surface area contributed by atoms with Gasteiger partial charge in [0.2, 0.25) is 0 Å². The van der Waals surface area contributed by atoms with Gasteiger partial charge in [0.05, 0.1) is 10.0 Å². The van der Waals surface area contributed by atoms with Gasteiger partial charge in [-0.2, -0.15) is 0 Å². The summed E-state index contributed by atoms with van der Waals surface area (Å²) in [6, 6.07) is 18.4. The third-order valence-corrected chi connectivity index (χ3v) is 5.80. The van der Waals surface area contributed by atoms with Crippen molar-refractivity contribution in [2.75, 3.05) is 38.1 Å². The van der Waals surface area contributed by atoms with E-state index in [1.54, 1.807) is 6.07 Å². The van der Waals surface area contributed by atoms with Crippen LogP contribution in [0.5, 0.6) is 5.75 Å². The van der Waals surface area contributed by atoms with Crippen molar-refractivity contribution in [1.82, 2.24) is 4.90 Å². The lowest BCUT2D eigenvalue weighted by Crippen LogP contribution is -2.44. The summed E-state index contributed by atoms with van der Waals surface area (Å²) in [7, 11) is 2.18. The molecule has 0 spiro atoms. The Kier molecular flexibility index (Phi) is 5.44. The van der Waals surface area contributed by atoms with E-state index in [-0.39, 0.29) is 0 Å². The van der Waals surface area contributed by atoms with Gasteiger partial charge in [0.1, 0.15) is 12.4 Å². The lowest BCUT2D eigenvalue weighted by Gasteiger charge is -2.34. The average molecular weight is 401 g/mol. The molecule has 140 valence electrons. The van der Waals surface area contributed by atoms with Crippen LogP contribution in [0.25, 0.3) is 10.8 Å². The molecule has 4 rings (SSSR count). The number of piperazine rings is 1. The topological polar surface area (TPSA) is 15.7 Å². The monoisotopic (exact) mass is 400 g/mol. The molecule has 0 radical (unpaired) electrons. The molecule has 0 saturated carbocycles. The lowest BCUT2D eigenvalue weighted by atomic mass is 10.1. The summed E-state index contributed by atoms with van der Waals surface area (Å²) in [5.74, 6) is 0.857. The van der Waals surface area contributed by atoms with Gasteiger partial charge in [0.15, 0.2) is 0 Å². The number of likely N-dealkylation sites (N-methyl/N-ethyl adjacent to an activating group) is 1. The van der Waals surface area contributed by atoms with E-state index in [0.717, 1.165) is 37.5 Å². The van der Waals surface area contributed by atoms with Gasteiger partial charge in [-0.15, -0.1) is 0 Å². The molecule has 1 fully saturated rings. The van der Waals surface area contributed by atoms with E-state index in [0.29, 0.717) is 16.7 Å². The molecule has 1 saturated heterocycles. The van der Waals surface area contributed by atoms with Crippen LogP contribution < -0.4 is 9.64 Å². The van der Waals surface area contributed by atoms with Crippen LogP contribution >= 0.6 is 23.2 Å². The van der Waals surface area contributed by atoms with Crippen LogP contribution in [0.1, 0.15) is 5.56 Å². The Morgan fingerprint density at radius 2 is 1.70 bits per heavy atom. The second-order valence-electron chi connectivity index (χ2n) is 6.99. The van der Waals surface area contributed by atoms with Crippen molar-refractivity contribution < 1.29 is 4.74 Å². The first kappa shape index (κ1) is 18.4. The maximum absolute atomic E-state index is 6.09. The smallest absolute Gasteiger partial charge is 0.120 e. The van der Waals surface area contributed by atoms with Gasteiger partial charge in [-0.25, -0.2) is 0 Å². The summed E-state index contributed by atoms with van der Waals surface area (Å²) in [5.41, 5.74) is 2.28. The SMILES string of the molecule is CN1CCN(c2cccc3ccc(OCc4ccc(Cl)c(Cl)c4)cc23)CC1. The van der Waals surface area contributed by atoms with E-state index in [4.69, 9.17) is 27.9 Å². The fraction of sp³-hybridized carbons (Fsp3) is 0.273. The number of halogens is 2. The second kappa shape index (κ2) is 7.97. The maximum atomic E-state index is 6.09. The summed E-state index contributed by atoms with van der Waals surface area (Å²) < 4.78 is 6.03. The third-order valence-electron chi connectivity index (χ3n) is 5.06.